The molecule has 112 valence electrons. The van der Waals surface area contributed by atoms with E-state index in [9.17, 15) is 13.9 Å². The van der Waals surface area contributed by atoms with Gasteiger partial charge in [-0.15, -0.1) is 0 Å². The van der Waals surface area contributed by atoms with Gasteiger partial charge in [0.15, 0.2) is 5.76 Å². The molecule has 0 saturated heterocycles. The Hall–Kier alpha value is -2.24. The van der Waals surface area contributed by atoms with Crippen LogP contribution >= 0.6 is 11.6 Å². The second-order valence-electron chi connectivity index (χ2n) is 4.63. The number of hydrogen-bond donors (Lipinski definition) is 1. The van der Waals surface area contributed by atoms with Crippen molar-refractivity contribution in [1.82, 2.24) is 5.16 Å². The first kappa shape index (κ1) is 14.7. The molecule has 6 heteroatoms. The van der Waals surface area contributed by atoms with Crippen LogP contribution in [0.5, 0.6) is 0 Å². The molecule has 1 aromatic heterocycles. The predicted octanol–water partition coefficient (Wildman–Crippen LogP) is 4.43. The molecule has 0 aliphatic rings. The first-order chi connectivity index (χ1) is 10.6. The largest absolute Gasteiger partial charge is 0.391 e. The molecule has 2 aromatic carbocycles. The molecular formula is C16H10ClF2NO2. The van der Waals surface area contributed by atoms with Crippen molar-refractivity contribution in [3.8, 4) is 22.6 Å². The summed E-state index contributed by atoms with van der Waals surface area (Å²) in [5.41, 5.74) is 1.13. The highest BCUT2D eigenvalue weighted by Gasteiger charge is 2.21. The van der Waals surface area contributed by atoms with Gasteiger partial charge in [0.25, 0.3) is 0 Å². The highest BCUT2D eigenvalue weighted by Crippen LogP contribution is 2.34. The van der Waals surface area contributed by atoms with Crippen molar-refractivity contribution in [2.45, 2.75) is 6.61 Å². The van der Waals surface area contributed by atoms with E-state index in [1.165, 1.54) is 0 Å². The Morgan fingerprint density at radius 3 is 2.68 bits per heavy atom. The summed E-state index contributed by atoms with van der Waals surface area (Å²) in [6.45, 7) is -0.434. The van der Waals surface area contributed by atoms with Crippen molar-refractivity contribution in [3.05, 3.63) is 64.7 Å². The Labute approximate surface area is 129 Å². The first-order valence-electron chi connectivity index (χ1n) is 6.41. The number of rotatable bonds is 3. The molecule has 22 heavy (non-hydrogen) atoms. The fourth-order valence-electron chi connectivity index (χ4n) is 2.20. The van der Waals surface area contributed by atoms with Crippen LogP contribution in [0.3, 0.4) is 0 Å². The molecule has 0 unspecified atom stereocenters. The minimum atomic E-state index is -0.662. The summed E-state index contributed by atoms with van der Waals surface area (Å²) in [5, 5.41) is 13.9. The van der Waals surface area contributed by atoms with E-state index in [1.54, 1.807) is 24.3 Å². The third-order valence-electron chi connectivity index (χ3n) is 3.22. The zero-order valence-electron chi connectivity index (χ0n) is 11.2. The second-order valence-corrected chi connectivity index (χ2v) is 5.07. The third-order valence-corrected chi connectivity index (χ3v) is 3.45. The van der Waals surface area contributed by atoms with Gasteiger partial charge in [-0.1, -0.05) is 28.9 Å². The molecule has 3 aromatic rings. The lowest BCUT2D eigenvalue weighted by Gasteiger charge is -2.03. The summed E-state index contributed by atoms with van der Waals surface area (Å²) in [5.74, 6) is -1.28. The molecule has 0 bridgehead atoms. The number of aromatic nitrogens is 1. The van der Waals surface area contributed by atoms with Gasteiger partial charge in [0.2, 0.25) is 0 Å². The minimum Gasteiger partial charge on any atom is -0.391 e. The lowest BCUT2D eigenvalue weighted by molar-refractivity contribution is 0.281. The normalized spacial score (nSPS) is 10.9. The van der Waals surface area contributed by atoms with Gasteiger partial charge in [-0.05, 0) is 30.3 Å². The Morgan fingerprint density at radius 2 is 1.95 bits per heavy atom. The molecule has 0 fully saturated rings. The first-order valence-corrected chi connectivity index (χ1v) is 6.78. The Kier molecular flexibility index (Phi) is 3.92. The van der Waals surface area contributed by atoms with E-state index >= 15 is 0 Å². The third kappa shape index (κ3) is 2.61. The van der Waals surface area contributed by atoms with Crippen LogP contribution in [0.4, 0.5) is 8.78 Å². The van der Waals surface area contributed by atoms with E-state index in [2.05, 4.69) is 5.16 Å². The number of hydrogen-bond acceptors (Lipinski definition) is 3. The lowest BCUT2D eigenvalue weighted by Crippen LogP contribution is -1.92. The summed E-state index contributed by atoms with van der Waals surface area (Å²) in [6.07, 6.45) is 0. The van der Waals surface area contributed by atoms with Gasteiger partial charge < -0.3 is 9.63 Å². The van der Waals surface area contributed by atoms with E-state index in [0.29, 0.717) is 16.3 Å². The van der Waals surface area contributed by atoms with E-state index < -0.39 is 18.2 Å². The highest BCUT2D eigenvalue weighted by atomic mass is 35.5. The number of nitrogens with zero attached hydrogens (tertiary/aromatic N) is 1. The molecule has 0 radical (unpaired) electrons. The van der Waals surface area contributed by atoms with E-state index in [4.69, 9.17) is 16.1 Å². The van der Waals surface area contributed by atoms with Crippen LogP contribution in [0.15, 0.2) is 47.0 Å². The van der Waals surface area contributed by atoms with Gasteiger partial charge in [-0.3, -0.25) is 0 Å². The molecule has 1 heterocycles. The van der Waals surface area contributed by atoms with Gasteiger partial charge in [0.05, 0.1) is 17.7 Å². The smallest absolute Gasteiger partial charge is 0.176 e. The summed E-state index contributed by atoms with van der Waals surface area (Å²) in [7, 11) is 0. The molecule has 0 saturated carbocycles. The van der Waals surface area contributed by atoms with Crippen molar-refractivity contribution in [1.29, 1.82) is 0 Å². The SMILES string of the molecule is OCc1c(-c2cccc(Cl)c2)noc1-c1cc(F)ccc1F. The van der Waals surface area contributed by atoms with Gasteiger partial charge in [-0.2, -0.15) is 0 Å². The predicted molar refractivity (Wildman–Crippen MR) is 78.2 cm³/mol. The molecule has 0 amide bonds. The van der Waals surface area contributed by atoms with E-state index in [0.717, 1.165) is 18.2 Å². The molecular weight excluding hydrogens is 312 g/mol. The topological polar surface area (TPSA) is 46.3 Å². The number of aliphatic hydroxyl groups is 1. The van der Waals surface area contributed by atoms with Crippen molar-refractivity contribution in [2.24, 2.45) is 0 Å². The van der Waals surface area contributed by atoms with Gasteiger partial charge >= 0.3 is 0 Å². The van der Waals surface area contributed by atoms with Crippen molar-refractivity contribution >= 4 is 11.6 Å². The maximum atomic E-state index is 13.9. The van der Waals surface area contributed by atoms with Crippen molar-refractivity contribution in [2.75, 3.05) is 0 Å². The lowest BCUT2D eigenvalue weighted by atomic mass is 10.0. The van der Waals surface area contributed by atoms with Crippen LogP contribution in [0.1, 0.15) is 5.56 Å². The average Bonchev–Trinajstić information content (AvgIpc) is 2.93. The van der Waals surface area contributed by atoms with Crippen LogP contribution in [0.25, 0.3) is 22.6 Å². The Balaban J connectivity index is 2.17. The van der Waals surface area contributed by atoms with Crippen LogP contribution < -0.4 is 0 Å². The van der Waals surface area contributed by atoms with Crippen LogP contribution in [-0.4, -0.2) is 10.3 Å². The summed E-state index contributed by atoms with van der Waals surface area (Å²) < 4.78 is 32.4. The average molecular weight is 322 g/mol. The molecule has 0 atom stereocenters. The van der Waals surface area contributed by atoms with Crippen LogP contribution in [0, 0.1) is 11.6 Å². The highest BCUT2D eigenvalue weighted by molar-refractivity contribution is 6.30. The van der Waals surface area contributed by atoms with E-state index in [1.807, 2.05) is 0 Å². The maximum Gasteiger partial charge on any atom is 0.176 e. The standard InChI is InChI=1S/C16H10ClF2NO2/c17-10-3-1-2-9(6-10)15-13(8-21)16(22-20-15)12-7-11(18)4-5-14(12)19/h1-7,21H,8H2. The summed E-state index contributed by atoms with van der Waals surface area (Å²) >= 11 is 5.93. The van der Waals surface area contributed by atoms with Gasteiger partial charge in [0, 0.05) is 10.6 Å². The summed E-state index contributed by atoms with van der Waals surface area (Å²) in [4.78, 5) is 0. The fraction of sp³-hybridized carbons (Fsp3) is 0.0625. The Bertz CT molecular complexity index is 833. The van der Waals surface area contributed by atoms with Crippen LogP contribution in [0.2, 0.25) is 5.02 Å². The molecule has 1 N–H and O–H groups in total. The van der Waals surface area contributed by atoms with Gasteiger partial charge in [-0.25, -0.2) is 8.78 Å². The minimum absolute atomic E-state index is 0.00512. The second kappa shape index (κ2) is 5.87. The van der Waals surface area contributed by atoms with Gasteiger partial charge in [0.1, 0.15) is 17.3 Å². The zero-order chi connectivity index (χ0) is 15.7. The number of benzene rings is 2. The number of aliphatic hydroxyl groups excluding tert-OH is 1. The molecule has 3 rings (SSSR count). The van der Waals surface area contributed by atoms with E-state index in [-0.39, 0.29) is 16.9 Å². The summed E-state index contributed by atoms with van der Waals surface area (Å²) in [6, 6.07) is 9.78. The molecule has 0 spiro atoms. The molecule has 0 aliphatic heterocycles. The molecule has 3 nitrogen and oxygen atoms in total. The Morgan fingerprint density at radius 1 is 1.14 bits per heavy atom. The van der Waals surface area contributed by atoms with Crippen molar-refractivity contribution < 1.29 is 18.4 Å². The number of halogens is 3. The zero-order valence-corrected chi connectivity index (χ0v) is 11.9. The van der Waals surface area contributed by atoms with Crippen molar-refractivity contribution in [3.63, 3.8) is 0 Å². The maximum absolute atomic E-state index is 13.9. The quantitative estimate of drug-likeness (QED) is 0.776. The monoisotopic (exact) mass is 321 g/mol. The van der Waals surface area contributed by atoms with Crippen LogP contribution in [-0.2, 0) is 6.61 Å². The molecule has 0 aliphatic carbocycles. The fourth-order valence-corrected chi connectivity index (χ4v) is 2.39.